The molecule has 1 heterocycles. The van der Waals surface area contributed by atoms with Gasteiger partial charge in [-0.25, -0.2) is 0 Å². The fraction of sp³-hybridized carbons (Fsp3) is 0.615. The van der Waals surface area contributed by atoms with Crippen molar-refractivity contribution in [2.24, 2.45) is 5.73 Å². The summed E-state index contributed by atoms with van der Waals surface area (Å²) in [6, 6.07) is 4.65. The van der Waals surface area contributed by atoms with Crippen LogP contribution in [-0.2, 0) is 4.79 Å². The maximum Gasteiger partial charge on any atom is 0.237 e. The number of nitrogens with two attached hydrogens (primary N) is 1. The van der Waals surface area contributed by atoms with Gasteiger partial charge < -0.3 is 11.1 Å². The average molecular weight is 284 g/mol. The second kappa shape index (κ2) is 5.63. The molecule has 5 heteroatoms. The minimum Gasteiger partial charge on any atom is -0.368 e. The molecule has 0 radical (unpaired) electrons. The first-order valence-electron chi connectivity index (χ1n) is 6.27. The maximum absolute atomic E-state index is 11.7. The van der Waals surface area contributed by atoms with E-state index in [0.29, 0.717) is 11.3 Å². The number of thiophene rings is 1. The second-order valence-corrected chi connectivity index (χ2v) is 7.87. The van der Waals surface area contributed by atoms with Crippen molar-refractivity contribution in [3.05, 3.63) is 17.5 Å². The highest BCUT2D eigenvalue weighted by atomic mass is 32.2. The molecule has 0 bridgehead atoms. The molecule has 100 valence electrons. The number of rotatable bonds is 7. The van der Waals surface area contributed by atoms with Crippen LogP contribution in [0.2, 0.25) is 0 Å². The summed E-state index contributed by atoms with van der Waals surface area (Å²) in [5, 5.41) is 5.83. The highest BCUT2D eigenvalue weighted by Gasteiger charge is 2.38. The Bertz CT molecular complexity index is 403. The molecule has 18 heavy (non-hydrogen) atoms. The molecule has 1 saturated carbocycles. The Morgan fingerprint density at radius 1 is 1.72 bits per heavy atom. The van der Waals surface area contributed by atoms with E-state index >= 15 is 0 Å². The predicted octanol–water partition coefficient (Wildman–Crippen LogP) is 2.61. The van der Waals surface area contributed by atoms with Gasteiger partial charge in [-0.1, -0.05) is 13.0 Å². The van der Waals surface area contributed by atoms with Crippen molar-refractivity contribution >= 4 is 29.0 Å². The van der Waals surface area contributed by atoms with Crippen LogP contribution < -0.4 is 11.1 Å². The van der Waals surface area contributed by atoms with E-state index in [-0.39, 0.29) is 5.91 Å². The topological polar surface area (TPSA) is 55.1 Å². The molecule has 1 amide bonds. The van der Waals surface area contributed by atoms with Crippen molar-refractivity contribution in [2.45, 2.75) is 54.1 Å². The van der Waals surface area contributed by atoms with Crippen LogP contribution in [0.3, 0.4) is 0 Å². The molecule has 1 fully saturated rings. The lowest BCUT2D eigenvalue weighted by Gasteiger charge is -2.30. The Morgan fingerprint density at radius 2 is 2.44 bits per heavy atom. The molecule has 1 aromatic rings. The molecule has 0 spiro atoms. The molecule has 0 aliphatic heterocycles. The molecule has 1 aliphatic rings. The van der Waals surface area contributed by atoms with Gasteiger partial charge in [-0.15, -0.1) is 23.1 Å². The van der Waals surface area contributed by atoms with E-state index in [1.54, 1.807) is 11.3 Å². The van der Waals surface area contributed by atoms with Crippen molar-refractivity contribution in [3.8, 4) is 0 Å². The first-order chi connectivity index (χ1) is 8.49. The van der Waals surface area contributed by atoms with E-state index in [1.165, 1.54) is 4.21 Å². The van der Waals surface area contributed by atoms with E-state index in [1.807, 2.05) is 18.7 Å². The Labute approximate surface area is 117 Å². The summed E-state index contributed by atoms with van der Waals surface area (Å²) in [5.41, 5.74) is 4.98. The Kier molecular flexibility index (Phi) is 4.35. The standard InChI is InChI=1S/C13H20N2OS2/c1-9(18-11-4-3-7-17-11)8-13(2,12(14)16)15-10-5-6-10/h3-4,7,9-10,15H,5-6,8H2,1-2H3,(H2,14,16). The number of hydrogen-bond acceptors (Lipinski definition) is 4. The van der Waals surface area contributed by atoms with Gasteiger partial charge >= 0.3 is 0 Å². The molecular formula is C13H20N2OS2. The lowest BCUT2D eigenvalue weighted by molar-refractivity contribution is -0.124. The number of amides is 1. The fourth-order valence-electron chi connectivity index (χ4n) is 2.05. The number of thioether (sulfide) groups is 1. The molecule has 1 aliphatic carbocycles. The van der Waals surface area contributed by atoms with E-state index in [0.717, 1.165) is 19.3 Å². The monoisotopic (exact) mass is 284 g/mol. The molecule has 2 rings (SSSR count). The molecule has 0 saturated heterocycles. The molecule has 2 unspecified atom stereocenters. The quantitative estimate of drug-likeness (QED) is 0.757. The minimum atomic E-state index is -0.579. The van der Waals surface area contributed by atoms with Gasteiger partial charge in [0.1, 0.15) is 0 Å². The largest absolute Gasteiger partial charge is 0.368 e. The van der Waals surface area contributed by atoms with Crippen LogP contribution in [0.15, 0.2) is 21.7 Å². The van der Waals surface area contributed by atoms with Gasteiger partial charge in [-0.05, 0) is 37.6 Å². The molecule has 0 aromatic carbocycles. The van der Waals surface area contributed by atoms with Gasteiger partial charge in [-0.3, -0.25) is 4.79 Å². The summed E-state index contributed by atoms with van der Waals surface area (Å²) in [6.07, 6.45) is 3.09. The summed E-state index contributed by atoms with van der Waals surface area (Å²) in [4.78, 5) is 11.7. The van der Waals surface area contributed by atoms with E-state index in [9.17, 15) is 4.79 Å². The third-order valence-electron chi connectivity index (χ3n) is 3.15. The van der Waals surface area contributed by atoms with Crippen LogP contribution in [0.25, 0.3) is 0 Å². The normalized spacial score (nSPS) is 20.3. The van der Waals surface area contributed by atoms with E-state index in [4.69, 9.17) is 5.73 Å². The smallest absolute Gasteiger partial charge is 0.237 e. The first kappa shape index (κ1) is 13.9. The fourth-order valence-corrected chi connectivity index (χ4v) is 4.35. The molecule has 3 nitrogen and oxygen atoms in total. The first-order valence-corrected chi connectivity index (χ1v) is 8.03. The molecular weight excluding hydrogens is 264 g/mol. The third-order valence-corrected chi connectivity index (χ3v) is 5.33. The van der Waals surface area contributed by atoms with Crippen molar-refractivity contribution in [3.63, 3.8) is 0 Å². The lowest BCUT2D eigenvalue weighted by Crippen LogP contribution is -2.55. The van der Waals surface area contributed by atoms with Gasteiger partial charge in [-0.2, -0.15) is 0 Å². The van der Waals surface area contributed by atoms with Crippen molar-refractivity contribution in [2.75, 3.05) is 0 Å². The summed E-state index contributed by atoms with van der Waals surface area (Å²) in [6.45, 7) is 4.08. The van der Waals surface area contributed by atoms with Crippen LogP contribution in [0, 0.1) is 0 Å². The minimum absolute atomic E-state index is 0.243. The van der Waals surface area contributed by atoms with Gasteiger partial charge in [0.15, 0.2) is 0 Å². The summed E-state index contributed by atoms with van der Waals surface area (Å²) in [7, 11) is 0. The maximum atomic E-state index is 11.7. The van der Waals surface area contributed by atoms with Gasteiger partial charge in [0, 0.05) is 11.3 Å². The van der Waals surface area contributed by atoms with Gasteiger partial charge in [0.05, 0.1) is 9.75 Å². The Balaban J connectivity index is 1.92. The zero-order valence-corrected chi connectivity index (χ0v) is 12.4. The van der Waals surface area contributed by atoms with Gasteiger partial charge in [0.25, 0.3) is 0 Å². The summed E-state index contributed by atoms with van der Waals surface area (Å²) in [5.74, 6) is -0.243. The average Bonchev–Trinajstić information content (AvgIpc) is 2.92. The van der Waals surface area contributed by atoms with Crippen LogP contribution in [-0.4, -0.2) is 22.7 Å². The molecule has 3 N–H and O–H groups in total. The lowest BCUT2D eigenvalue weighted by atomic mass is 9.95. The van der Waals surface area contributed by atoms with Crippen LogP contribution in [0.5, 0.6) is 0 Å². The number of carbonyl (C=O) groups is 1. The zero-order chi connectivity index (χ0) is 13.2. The van der Waals surface area contributed by atoms with Gasteiger partial charge in [0.2, 0.25) is 5.91 Å². The number of carbonyl (C=O) groups excluding carboxylic acids is 1. The Hall–Kier alpha value is -0.520. The molecule has 1 aromatic heterocycles. The van der Waals surface area contributed by atoms with Crippen molar-refractivity contribution in [1.82, 2.24) is 5.32 Å². The number of nitrogens with one attached hydrogen (secondary N) is 1. The highest BCUT2D eigenvalue weighted by molar-refractivity contribution is 8.01. The number of primary amides is 1. The Morgan fingerprint density at radius 3 is 2.94 bits per heavy atom. The van der Waals surface area contributed by atoms with E-state index in [2.05, 4.69) is 29.8 Å². The van der Waals surface area contributed by atoms with Crippen LogP contribution >= 0.6 is 23.1 Å². The predicted molar refractivity (Wildman–Crippen MR) is 78.0 cm³/mol. The van der Waals surface area contributed by atoms with E-state index < -0.39 is 5.54 Å². The number of hydrogen-bond donors (Lipinski definition) is 2. The second-order valence-electron chi connectivity index (χ2n) is 5.18. The highest BCUT2D eigenvalue weighted by Crippen LogP contribution is 2.33. The summed E-state index contributed by atoms with van der Waals surface area (Å²) >= 11 is 3.55. The SMILES string of the molecule is CC(CC(C)(NC1CC1)C(N)=O)Sc1cccs1. The third kappa shape index (κ3) is 3.73. The molecule has 2 atom stereocenters. The van der Waals surface area contributed by atoms with Crippen LogP contribution in [0.4, 0.5) is 0 Å². The van der Waals surface area contributed by atoms with Crippen molar-refractivity contribution < 1.29 is 4.79 Å². The van der Waals surface area contributed by atoms with Crippen molar-refractivity contribution in [1.29, 1.82) is 0 Å². The summed E-state index contributed by atoms with van der Waals surface area (Å²) < 4.78 is 1.29. The van der Waals surface area contributed by atoms with Crippen LogP contribution in [0.1, 0.15) is 33.1 Å². The zero-order valence-electron chi connectivity index (χ0n) is 10.8.